The fraction of sp³-hybridized carbons (Fsp3) is 0.310. The standard InChI is InChI=1S/C29H31NO5/c1-35-27-10-6-5-9-24(27)19-30(28(32)22-7-3-2-4-8-22)18-20-11-13-21(14-12-20)23-15-16-26(31)25(17-23)29(33)34/h5-6,9-17,22,31H,2-4,7-8,18-19H2,1H3,(H,33,34). The van der Waals surface area contributed by atoms with Gasteiger partial charge in [0.2, 0.25) is 5.91 Å². The van der Waals surface area contributed by atoms with Gasteiger partial charge in [0.1, 0.15) is 17.1 Å². The normalized spacial score (nSPS) is 13.9. The van der Waals surface area contributed by atoms with Gasteiger partial charge >= 0.3 is 5.97 Å². The summed E-state index contributed by atoms with van der Waals surface area (Å²) in [5, 5.41) is 19.1. The Morgan fingerprint density at radius 2 is 1.60 bits per heavy atom. The van der Waals surface area contributed by atoms with Crippen molar-refractivity contribution in [2.24, 2.45) is 5.92 Å². The van der Waals surface area contributed by atoms with E-state index in [1.807, 2.05) is 53.4 Å². The lowest BCUT2D eigenvalue weighted by Crippen LogP contribution is -2.36. The Kier molecular flexibility index (Phi) is 7.70. The van der Waals surface area contributed by atoms with E-state index >= 15 is 0 Å². The molecule has 1 aliphatic carbocycles. The number of amides is 1. The molecule has 2 N–H and O–H groups in total. The van der Waals surface area contributed by atoms with E-state index in [2.05, 4.69) is 0 Å². The van der Waals surface area contributed by atoms with Gasteiger partial charge in [-0.2, -0.15) is 0 Å². The highest BCUT2D eigenvalue weighted by atomic mass is 16.5. The number of aromatic carboxylic acids is 1. The van der Waals surface area contributed by atoms with Crippen molar-refractivity contribution in [3.05, 3.63) is 83.4 Å². The largest absolute Gasteiger partial charge is 0.507 e. The van der Waals surface area contributed by atoms with Crippen LogP contribution in [0.3, 0.4) is 0 Å². The number of benzene rings is 3. The number of aromatic hydroxyl groups is 1. The molecule has 3 aromatic carbocycles. The van der Waals surface area contributed by atoms with Gasteiger partial charge in [0.05, 0.1) is 7.11 Å². The predicted molar refractivity (Wildman–Crippen MR) is 134 cm³/mol. The fourth-order valence-electron chi connectivity index (χ4n) is 4.77. The van der Waals surface area contributed by atoms with Crippen LogP contribution in [0.2, 0.25) is 0 Å². The molecular formula is C29H31NO5. The Morgan fingerprint density at radius 3 is 2.29 bits per heavy atom. The van der Waals surface area contributed by atoms with Crippen LogP contribution in [-0.2, 0) is 17.9 Å². The van der Waals surface area contributed by atoms with Crippen molar-refractivity contribution >= 4 is 11.9 Å². The van der Waals surface area contributed by atoms with Crippen molar-refractivity contribution in [3.8, 4) is 22.6 Å². The van der Waals surface area contributed by atoms with Gasteiger partial charge < -0.3 is 19.8 Å². The number of hydrogen-bond donors (Lipinski definition) is 2. The topological polar surface area (TPSA) is 87.1 Å². The summed E-state index contributed by atoms with van der Waals surface area (Å²) in [5.74, 6) is -0.417. The van der Waals surface area contributed by atoms with Crippen LogP contribution in [0.4, 0.5) is 0 Å². The van der Waals surface area contributed by atoms with E-state index in [0.717, 1.165) is 48.1 Å². The number of carboxylic acids is 1. The molecule has 0 unspecified atom stereocenters. The number of ether oxygens (including phenoxy) is 1. The second-order valence-corrected chi connectivity index (χ2v) is 9.08. The van der Waals surface area contributed by atoms with Crippen LogP contribution in [-0.4, -0.2) is 34.1 Å². The van der Waals surface area contributed by atoms with Crippen molar-refractivity contribution in [2.45, 2.75) is 45.2 Å². The van der Waals surface area contributed by atoms with E-state index in [9.17, 15) is 19.8 Å². The molecule has 1 aliphatic rings. The van der Waals surface area contributed by atoms with E-state index < -0.39 is 5.97 Å². The first kappa shape index (κ1) is 24.3. The minimum atomic E-state index is -1.17. The lowest BCUT2D eigenvalue weighted by Gasteiger charge is -2.30. The number of carbonyl (C=O) groups is 2. The predicted octanol–water partition coefficient (Wildman–Crippen LogP) is 5.88. The Labute approximate surface area is 205 Å². The SMILES string of the molecule is COc1ccccc1CN(Cc1ccc(-c2ccc(O)c(C(=O)O)c2)cc1)C(=O)C1CCCCC1. The highest BCUT2D eigenvalue weighted by Crippen LogP contribution is 2.30. The number of carboxylic acid groups (broad SMARTS) is 1. The number of carbonyl (C=O) groups excluding carboxylic acids is 1. The third-order valence-corrected chi connectivity index (χ3v) is 6.71. The number of rotatable bonds is 8. The highest BCUT2D eigenvalue weighted by Gasteiger charge is 2.27. The zero-order chi connectivity index (χ0) is 24.8. The van der Waals surface area contributed by atoms with Gasteiger partial charge in [-0.05, 0) is 47.7 Å². The first-order valence-corrected chi connectivity index (χ1v) is 12.0. The Hall–Kier alpha value is -3.80. The molecule has 1 fully saturated rings. The molecule has 1 saturated carbocycles. The Bertz CT molecular complexity index is 1180. The second-order valence-electron chi connectivity index (χ2n) is 9.08. The lowest BCUT2D eigenvalue weighted by atomic mass is 9.88. The highest BCUT2D eigenvalue weighted by molar-refractivity contribution is 5.92. The third kappa shape index (κ3) is 5.83. The van der Waals surface area contributed by atoms with Crippen molar-refractivity contribution in [2.75, 3.05) is 7.11 Å². The fourth-order valence-corrected chi connectivity index (χ4v) is 4.77. The summed E-state index contributed by atoms with van der Waals surface area (Å²) in [6.45, 7) is 0.949. The molecule has 0 aliphatic heterocycles. The minimum absolute atomic E-state index is 0.0594. The molecule has 0 aromatic heterocycles. The summed E-state index contributed by atoms with van der Waals surface area (Å²) in [6.07, 6.45) is 5.26. The first-order valence-electron chi connectivity index (χ1n) is 12.0. The number of nitrogens with zero attached hydrogens (tertiary/aromatic N) is 1. The van der Waals surface area contributed by atoms with Crippen molar-refractivity contribution in [1.29, 1.82) is 0 Å². The maximum atomic E-state index is 13.5. The molecule has 1 amide bonds. The van der Waals surface area contributed by atoms with Crippen LogP contribution < -0.4 is 4.74 Å². The average molecular weight is 474 g/mol. The van der Waals surface area contributed by atoms with Gasteiger partial charge in [-0.15, -0.1) is 0 Å². The van der Waals surface area contributed by atoms with Crippen LogP contribution in [0, 0.1) is 5.92 Å². The maximum Gasteiger partial charge on any atom is 0.339 e. The molecule has 0 bridgehead atoms. The first-order chi connectivity index (χ1) is 17.0. The van der Waals surface area contributed by atoms with E-state index in [0.29, 0.717) is 18.7 Å². The number of hydrogen-bond acceptors (Lipinski definition) is 4. The molecule has 0 heterocycles. The zero-order valence-electron chi connectivity index (χ0n) is 19.9. The summed E-state index contributed by atoms with van der Waals surface area (Å²) < 4.78 is 5.52. The monoisotopic (exact) mass is 473 g/mol. The second kappa shape index (κ2) is 11.1. The molecule has 3 aromatic rings. The summed E-state index contributed by atoms with van der Waals surface area (Å²) in [5.41, 5.74) is 3.38. The number of phenols is 1. The number of para-hydroxylation sites is 1. The molecular weight excluding hydrogens is 442 g/mol. The van der Waals surface area contributed by atoms with Crippen molar-refractivity contribution < 1.29 is 24.5 Å². The van der Waals surface area contributed by atoms with Crippen LogP contribution in [0.1, 0.15) is 53.6 Å². The summed E-state index contributed by atoms with van der Waals surface area (Å²) in [6, 6.07) is 20.1. The summed E-state index contributed by atoms with van der Waals surface area (Å²) >= 11 is 0. The average Bonchev–Trinajstić information content (AvgIpc) is 2.89. The van der Waals surface area contributed by atoms with Gasteiger partial charge in [-0.1, -0.05) is 67.8 Å². The molecule has 182 valence electrons. The molecule has 0 radical (unpaired) electrons. The Morgan fingerprint density at radius 1 is 0.914 bits per heavy atom. The summed E-state index contributed by atoms with van der Waals surface area (Å²) in [4.78, 5) is 26.8. The van der Waals surface area contributed by atoms with Gasteiger partial charge in [-0.3, -0.25) is 4.79 Å². The van der Waals surface area contributed by atoms with Crippen LogP contribution in [0.25, 0.3) is 11.1 Å². The molecule has 6 heteroatoms. The lowest BCUT2D eigenvalue weighted by molar-refractivity contribution is -0.137. The quantitative estimate of drug-likeness (QED) is 0.427. The van der Waals surface area contributed by atoms with E-state index in [4.69, 9.17) is 4.74 Å². The van der Waals surface area contributed by atoms with E-state index in [1.165, 1.54) is 18.6 Å². The van der Waals surface area contributed by atoms with Crippen LogP contribution in [0.5, 0.6) is 11.5 Å². The van der Waals surface area contributed by atoms with E-state index in [1.54, 1.807) is 13.2 Å². The van der Waals surface area contributed by atoms with Gasteiger partial charge in [0.15, 0.2) is 0 Å². The molecule has 35 heavy (non-hydrogen) atoms. The zero-order valence-corrected chi connectivity index (χ0v) is 19.9. The molecule has 4 rings (SSSR count). The molecule has 0 atom stereocenters. The van der Waals surface area contributed by atoms with Gasteiger partial charge in [-0.25, -0.2) is 4.79 Å². The van der Waals surface area contributed by atoms with Crippen LogP contribution in [0.15, 0.2) is 66.7 Å². The molecule has 0 saturated heterocycles. The smallest absolute Gasteiger partial charge is 0.339 e. The molecule has 6 nitrogen and oxygen atoms in total. The Balaban J connectivity index is 1.57. The van der Waals surface area contributed by atoms with E-state index in [-0.39, 0.29) is 23.1 Å². The van der Waals surface area contributed by atoms with Gasteiger partial charge in [0.25, 0.3) is 0 Å². The maximum absolute atomic E-state index is 13.5. The minimum Gasteiger partial charge on any atom is -0.507 e. The number of methoxy groups -OCH3 is 1. The third-order valence-electron chi connectivity index (χ3n) is 6.71. The van der Waals surface area contributed by atoms with Gasteiger partial charge in [0, 0.05) is 24.6 Å². The summed E-state index contributed by atoms with van der Waals surface area (Å²) in [7, 11) is 1.64. The van der Waals surface area contributed by atoms with Crippen molar-refractivity contribution in [3.63, 3.8) is 0 Å². The van der Waals surface area contributed by atoms with Crippen molar-refractivity contribution in [1.82, 2.24) is 4.90 Å². The molecule has 0 spiro atoms. The van der Waals surface area contributed by atoms with Crippen LogP contribution >= 0.6 is 0 Å².